The highest BCUT2D eigenvalue weighted by molar-refractivity contribution is 7.93. The van der Waals surface area contributed by atoms with Gasteiger partial charge in [0.15, 0.2) is 0 Å². The molecule has 0 bridgehead atoms. The molecular formula is C16H13FN2O3S. The standard InChI is InChI=1S/C16H13FN2O3S/c1-10-4-2-6-13(20)15(10)19-23(21,22)14-8-7-12(17)16-11(14)5-3-9-18-16/h2-9,19-20H,1H3. The first-order valence-electron chi connectivity index (χ1n) is 6.75. The van der Waals surface area contributed by atoms with E-state index >= 15 is 0 Å². The Labute approximate surface area is 132 Å². The van der Waals surface area contributed by atoms with E-state index in [9.17, 15) is 17.9 Å². The summed E-state index contributed by atoms with van der Waals surface area (Å²) in [5.41, 5.74) is 0.636. The van der Waals surface area contributed by atoms with Crippen LogP contribution >= 0.6 is 0 Å². The zero-order valence-corrected chi connectivity index (χ0v) is 12.9. The topological polar surface area (TPSA) is 79.3 Å². The van der Waals surface area contributed by atoms with Crippen molar-refractivity contribution in [3.05, 3.63) is 60.0 Å². The number of nitrogens with zero attached hydrogens (tertiary/aromatic N) is 1. The molecule has 0 fully saturated rings. The molecule has 3 rings (SSSR count). The fraction of sp³-hybridized carbons (Fsp3) is 0.0625. The molecule has 0 saturated heterocycles. The number of hydrogen-bond acceptors (Lipinski definition) is 4. The van der Waals surface area contributed by atoms with Crippen molar-refractivity contribution in [3.8, 4) is 5.75 Å². The second-order valence-corrected chi connectivity index (χ2v) is 6.67. The fourth-order valence-corrected chi connectivity index (χ4v) is 3.67. The predicted molar refractivity (Wildman–Crippen MR) is 85.4 cm³/mol. The molecule has 0 saturated carbocycles. The summed E-state index contributed by atoms with van der Waals surface area (Å²) in [6.07, 6.45) is 1.39. The Kier molecular flexibility index (Phi) is 3.65. The molecule has 3 aromatic rings. The number of para-hydroxylation sites is 1. The van der Waals surface area contributed by atoms with Crippen LogP contribution in [0, 0.1) is 12.7 Å². The lowest BCUT2D eigenvalue weighted by Gasteiger charge is -2.13. The minimum atomic E-state index is -4.02. The van der Waals surface area contributed by atoms with Gasteiger partial charge in [0.25, 0.3) is 10.0 Å². The van der Waals surface area contributed by atoms with E-state index in [0.29, 0.717) is 5.56 Å². The Morgan fingerprint density at radius 2 is 1.91 bits per heavy atom. The first-order chi connectivity index (χ1) is 10.9. The van der Waals surface area contributed by atoms with Gasteiger partial charge in [-0.15, -0.1) is 0 Å². The van der Waals surface area contributed by atoms with E-state index in [1.54, 1.807) is 19.1 Å². The first kappa shape index (κ1) is 15.2. The van der Waals surface area contributed by atoms with Gasteiger partial charge in [-0.1, -0.05) is 12.1 Å². The summed E-state index contributed by atoms with van der Waals surface area (Å²) in [7, 11) is -4.02. The molecule has 7 heteroatoms. The molecule has 1 heterocycles. The van der Waals surface area contributed by atoms with Gasteiger partial charge in [-0.05, 0) is 42.8 Å². The number of aromatic nitrogens is 1. The second-order valence-electron chi connectivity index (χ2n) is 5.02. The first-order valence-corrected chi connectivity index (χ1v) is 8.23. The summed E-state index contributed by atoms with van der Waals surface area (Å²) in [6.45, 7) is 1.67. The molecule has 118 valence electrons. The van der Waals surface area contributed by atoms with Gasteiger partial charge in [0.1, 0.15) is 17.1 Å². The smallest absolute Gasteiger partial charge is 0.262 e. The van der Waals surface area contributed by atoms with Crippen LogP contribution in [0.25, 0.3) is 10.9 Å². The van der Waals surface area contributed by atoms with Crippen LogP contribution in [0.5, 0.6) is 5.75 Å². The number of phenols is 1. The predicted octanol–water partition coefficient (Wildman–Crippen LogP) is 3.19. The van der Waals surface area contributed by atoms with E-state index in [1.807, 2.05) is 0 Å². The number of aromatic hydroxyl groups is 1. The Morgan fingerprint density at radius 1 is 1.13 bits per heavy atom. The molecule has 23 heavy (non-hydrogen) atoms. The van der Waals surface area contributed by atoms with Crippen LogP contribution in [0.15, 0.2) is 53.6 Å². The van der Waals surface area contributed by atoms with E-state index in [0.717, 1.165) is 6.07 Å². The van der Waals surface area contributed by atoms with Crippen molar-refractivity contribution in [1.29, 1.82) is 0 Å². The Morgan fingerprint density at radius 3 is 2.65 bits per heavy atom. The van der Waals surface area contributed by atoms with Gasteiger partial charge in [0.2, 0.25) is 0 Å². The average molecular weight is 332 g/mol. The van der Waals surface area contributed by atoms with Gasteiger partial charge in [-0.3, -0.25) is 9.71 Å². The highest BCUT2D eigenvalue weighted by Crippen LogP contribution is 2.31. The molecule has 0 radical (unpaired) electrons. The summed E-state index contributed by atoms with van der Waals surface area (Å²) < 4.78 is 41.5. The van der Waals surface area contributed by atoms with E-state index in [4.69, 9.17) is 0 Å². The number of rotatable bonds is 3. The van der Waals surface area contributed by atoms with Gasteiger partial charge in [0, 0.05) is 11.6 Å². The van der Waals surface area contributed by atoms with Gasteiger partial charge >= 0.3 is 0 Å². The third kappa shape index (κ3) is 2.70. The molecule has 0 spiro atoms. The molecular weight excluding hydrogens is 319 g/mol. The van der Waals surface area contributed by atoms with Crippen LogP contribution in [-0.4, -0.2) is 18.5 Å². The molecule has 1 aromatic heterocycles. The molecule has 0 aliphatic heterocycles. The molecule has 0 aliphatic rings. The monoisotopic (exact) mass is 332 g/mol. The zero-order chi connectivity index (χ0) is 16.6. The summed E-state index contributed by atoms with van der Waals surface area (Å²) in [4.78, 5) is 3.77. The number of aryl methyl sites for hydroxylation is 1. The number of phenolic OH excluding ortho intramolecular Hbond substituents is 1. The number of nitrogens with one attached hydrogen (secondary N) is 1. The molecule has 2 aromatic carbocycles. The zero-order valence-electron chi connectivity index (χ0n) is 12.1. The van der Waals surface area contributed by atoms with Gasteiger partial charge in [0.05, 0.1) is 10.6 Å². The van der Waals surface area contributed by atoms with E-state index in [-0.39, 0.29) is 27.2 Å². The highest BCUT2D eigenvalue weighted by Gasteiger charge is 2.21. The van der Waals surface area contributed by atoms with Crippen LogP contribution in [0.4, 0.5) is 10.1 Å². The number of benzene rings is 2. The van der Waals surface area contributed by atoms with E-state index in [2.05, 4.69) is 9.71 Å². The van der Waals surface area contributed by atoms with Crippen LogP contribution in [0.3, 0.4) is 0 Å². The minimum Gasteiger partial charge on any atom is -0.506 e. The van der Waals surface area contributed by atoms with Crippen molar-refractivity contribution in [2.45, 2.75) is 11.8 Å². The highest BCUT2D eigenvalue weighted by atomic mass is 32.2. The van der Waals surface area contributed by atoms with Crippen LogP contribution in [0.1, 0.15) is 5.56 Å². The fourth-order valence-electron chi connectivity index (χ4n) is 2.32. The molecule has 0 amide bonds. The largest absolute Gasteiger partial charge is 0.506 e. The number of hydrogen-bond donors (Lipinski definition) is 2. The van der Waals surface area contributed by atoms with Crippen molar-refractivity contribution < 1.29 is 17.9 Å². The summed E-state index contributed by atoms with van der Waals surface area (Å²) in [5, 5.41) is 10.0. The quantitative estimate of drug-likeness (QED) is 0.722. The number of anilines is 1. The van der Waals surface area contributed by atoms with Gasteiger partial charge < -0.3 is 5.11 Å². The van der Waals surface area contributed by atoms with Crippen LogP contribution < -0.4 is 4.72 Å². The number of sulfonamides is 1. The molecule has 2 N–H and O–H groups in total. The van der Waals surface area contributed by atoms with Crippen LogP contribution in [0.2, 0.25) is 0 Å². The SMILES string of the molecule is Cc1cccc(O)c1NS(=O)(=O)c1ccc(F)c2ncccc12. The Hall–Kier alpha value is -2.67. The van der Waals surface area contributed by atoms with Crippen molar-refractivity contribution in [2.75, 3.05) is 4.72 Å². The molecule has 0 atom stereocenters. The van der Waals surface area contributed by atoms with Crippen molar-refractivity contribution >= 4 is 26.6 Å². The third-order valence-corrected chi connectivity index (χ3v) is 4.87. The maximum atomic E-state index is 13.8. The van der Waals surface area contributed by atoms with Crippen molar-refractivity contribution in [2.24, 2.45) is 0 Å². The second kappa shape index (κ2) is 5.51. The average Bonchev–Trinajstić information content (AvgIpc) is 2.51. The minimum absolute atomic E-state index is 0.0237. The van der Waals surface area contributed by atoms with Crippen molar-refractivity contribution in [3.63, 3.8) is 0 Å². The maximum absolute atomic E-state index is 13.8. The van der Waals surface area contributed by atoms with E-state index < -0.39 is 15.8 Å². The lowest BCUT2D eigenvalue weighted by molar-refractivity contribution is 0.477. The number of fused-ring (bicyclic) bond motifs is 1. The Bertz CT molecular complexity index is 983. The van der Waals surface area contributed by atoms with Crippen LogP contribution in [-0.2, 0) is 10.0 Å². The number of halogens is 1. The molecule has 0 aliphatic carbocycles. The lowest BCUT2D eigenvalue weighted by atomic mass is 10.2. The summed E-state index contributed by atoms with van der Waals surface area (Å²) in [5.74, 6) is -0.781. The number of pyridine rings is 1. The van der Waals surface area contributed by atoms with Crippen molar-refractivity contribution in [1.82, 2.24) is 4.98 Å². The summed E-state index contributed by atoms with van der Waals surface area (Å²) in [6, 6.07) is 9.92. The molecule has 0 unspecified atom stereocenters. The third-order valence-electron chi connectivity index (χ3n) is 3.46. The van der Waals surface area contributed by atoms with Gasteiger partial charge in [-0.25, -0.2) is 12.8 Å². The normalized spacial score (nSPS) is 11.6. The maximum Gasteiger partial charge on any atom is 0.262 e. The molecule has 5 nitrogen and oxygen atoms in total. The summed E-state index contributed by atoms with van der Waals surface area (Å²) >= 11 is 0. The Balaban J connectivity index is 2.16. The van der Waals surface area contributed by atoms with Gasteiger partial charge in [-0.2, -0.15) is 0 Å². The van der Waals surface area contributed by atoms with E-state index in [1.165, 1.54) is 30.5 Å². The lowest BCUT2D eigenvalue weighted by Crippen LogP contribution is -2.14.